The number of ether oxygens (including phenoxy) is 2. The van der Waals surface area contributed by atoms with Gasteiger partial charge < -0.3 is 19.3 Å². The fourth-order valence-corrected chi connectivity index (χ4v) is 4.29. The predicted octanol–water partition coefficient (Wildman–Crippen LogP) is 5.32. The topological polar surface area (TPSA) is 65.8 Å². The van der Waals surface area contributed by atoms with E-state index in [1.54, 1.807) is 35.2 Å². The van der Waals surface area contributed by atoms with Crippen molar-refractivity contribution in [1.29, 1.82) is 5.26 Å². The van der Waals surface area contributed by atoms with Gasteiger partial charge in [-0.1, -0.05) is 48.0 Å². The van der Waals surface area contributed by atoms with Gasteiger partial charge in [-0.2, -0.15) is 5.26 Å². The highest BCUT2D eigenvalue weighted by atomic mass is 35.5. The normalized spacial score (nSPS) is 13.8. The van der Waals surface area contributed by atoms with E-state index in [1.165, 1.54) is 19.3 Å². The van der Waals surface area contributed by atoms with Crippen LogP contribution in [0.2, 0.25) is 5.02 Å². The molecule has 6 nitrogen and oxygen atoms in total. The van der Waals surface area contributed by atoms with Crippen LogP contribution in [0.3, 0.4) is 0 Å². The lowest BCUT2D eigenvalue weighted by molar-refractivity contribution is -0.126. The Bertz CT molecular complexity index is 1300. The number of piperazine rings is 1. The number of hydrogen-bond acceptors (Lipinski definition) is 5. The Morgan fingerprint density at radius 3 is 2.44 bits per heavy atom. The summed E-state index contributed by atoms with van der Waals surface area (Å²) in [4.78, 5) is 17.0. The van der Waals surface area contributed by atoms with E-state index in [1.807, 2.05) is 36.4 Å². The second kappa shape index (κ2) is 11.6. The van der Waals surface area contributed by atoms with E-state index in [0.29, 0.717) is 43.1 Å². The number of methoxy groups -OCH3 is 1. The minimum absolute atomic E-state index is 0.00121. The van der Waals surface area contributed by atoms with Crippen molar-refractivity contribution in [2.24, 2.45) is 0 Å². The van der Waals surface area contributed by atoms with E-state index < -0.39 is 0 Å². The van der Waals surface area contributed by atoms with E-state index in [-0.39, 0.29) is 34.7 Å². The third kappa shape index (κ3) is 5.78. The summed E-state index contributed by atoms with van der Waals surface area (Å²) in [5.41, 5.74) is 2.01. The zero-order valence-electron chi connectivity index (χ0n) is 19.8. The van der Waals surface area contributed by atoms with Crippen LogP contribution in [0.4, 0.5) is 10.1 Å². The Labute approximate surface area is 214 Å². The summed E-state index contributed by atoms with van der Waals surface area (Å²) >= 11 is 6.44. The van der Waals surface area contributed by atoms with Crippen LogP contribution in [-0.2, 0) is 11.4 Å². The molecule has 1 aliphatic rings. The van der Waals surface area contributed by atoms with Crippen molar-refractivity contribution in [3.63, 3.8) is 0 Å². The number of amides is 1. The first-order valence-corrected chi connectivity index (χ1v) is 11.8. The first-order chi connectivity index (χ1) is 17.5. The number of rotatable bonds is 7. The fourth-order valence-electron chi connectivity index (χ4n) is 4.01. The first-order valence-electron chi connectivity index (χ1n) is 11.4. The van der Waals surface area contributed by atoms with Crippen LogP contribution in [0.15, 0.2) is 72.3 Å². The molecule has 0 spiro atoms. The molecule has 1 heterocycles. The highest BCUT2D eigenvalue weighted by Crippen LogP contribution is 2.37. The largest absolute Gasteiger partial charge is 0.493 e. The Balaban J connectivity index is 1.47. The summed E-state index contributed by atoms with van der Waals surface area (Å²) in [6.07, 6.45) is 1.49. The highest BCUT2D eigenvalue weighted by Gasteiger charge is 2.24. The molecule has 36 heavy (non-hydrogen) atoms. The van der Waals surface area contributed by atoms with Gasteiger partial charge in [0.15, 0.2) is 11.5 Å². The summed E-state index contributed by atoms with van der Waals surface area (Å²) in [6, 6.07) is 21.5. The smallest absolute Gasteiger partial charge is 0.264 e. The molecule has 0 aromatic heterocycles. The first kappa shape index (κ1) is 25.1. The lowest BCUT2D eigenvalue weighted by Gasteiger charge is -2.36. The number of benzene rings is 3. The molecule has 1 saturated heterocycles. The zero-order valence-corrected chi connectivity index (χ0v) is 20.5. The molecule has 0 bridgehead atoms. The van der Waals surface area contributed by atoms with Crippen LogP contribution in [0.25, 0.3) is 6.08 Å². The molecular formula is C28H25ClFN3O3. The number of carbonyl (C=O) groups is 1. The number of halogens is 2. The number of hydrogen-bond donors (Lipinski definition) is 0. The monoisotopic (exact) mass is 505 g/mol. The summed E-state index contributed by atoms with van der Waals surface area (Å²) < 4.78 is 25.1. The van der Waals surface area contributed by atoms with Crippen molar-refractivity contribution in [3.8, 4) is 17.6 Å². The van der Waals surface area contributed by atoms with Crippen LogP contribution >= 0.6 is 11.6 Å². The van der Waals surface area contributed by atoms with Crippen molar-refractivity contribution in [1.82, 2.24) is 4.90 Å². The Kier molecular flexibility index (Phi) is 8.09. The second-order valence-corrected chi connectivity index (χ2v) is 8.61. The van der Waals surface area contributed by atoms with E-state index in [0.717, 1.165) is 5.69 Å². The summed E-state index contributed by atoms with van der Waals surface area (Å²) in [6.45, 7) is 2.36. The van der Waals surface area contributed by atoms with Crippen molar-refractivity contribution in [3.05, 3.63) is 94.3 Å². The molecule has 1 fully saturated rings. The molecule has 0 unspecified atom stereocenters. The fraction of sp³-hybridized carbons (Fsp3) is 0.214. The molecule has 0 aliphatic carbocycles. The van der Waals surface area contributed by atoms with Crippen LogP contribution in [0, 0.1) is 17.1 Å². The van der Waals surface area contributed by atoms with Gasteiger partial charge in [-0.05, 0) is 42.0 Å². The summed E-state index contributed by atoms with van der Waals surface area (Å²) in [7, 11) is 1.46. The zero-order chi connectivity index (χ0) is 25.5. The Morgan fingerprint density at radius 2 is 1.78 bits per heavy atom. The highest BCUT2D eigenvalue weighted by molar-refractivity contribution is 6.32. The van der Waals surface area contributed by atoms with Gasteiger partial charge in [0, 0.05) is 37.4 Å². The quantitative estimate of drug-likeness (QED) is 0.321. The molecule has 184 valence electrons. The lowest BCUT2D eigenvalue weighted by atomic mass is 10.1. The maximum absolute atomic E-state index is 13.9. The van der Waals surface area contributed by atoms with Gasteiger partial charge in [0.1, 0.15) is 24.1 Å². The molecule has 3 aromatic carbocycles. The standard InChI is InChI=1S/C28H25ClFN3O3/c1-35-26-17-20(16-24(29)27(26)36-19-21-7-5-6-10-25(21)30)15-22(18-31)28(34)33-13-11-32(12-14-33)23-8-3-2-4-9-23/h2-10,15-17H,11-14,19H2,1H3/b22-15-. The van der Waals surface area contributed by atoms with Gasteiger partial charge in [0.25, 0.3) is 5.91 Å². The van der Waals surface area contributed by atoms with Crippen LogP contribution in [0.1, 0.15) is 11.1 Å². The minimum atomic E-state index is -0.381. The molecule has 4 rings (SSSR count). The maximum atomic E-state index is 13.9. The SMILES string of the molecule is COc1cc(/C=C(/C#N)C(=O)N2CCN(c3ccccc3)CC2)cc(Cl)c1OCc1ccccc1F. The second-order valence-electron chi connectivity index (χ2n) is 8.20. The van der Waals surface area contributed by atoms with Gasteiger partial charge in [0.05, 0.1) is 12.1 Å². The Hall–Kier alpha value is -4.02. The Morgan fingerprint density at radius 1 is 1.08 bits per heavy atom. The molecular weight excluding hydrogens is 481 g/mol. The lowest BCUT2D eigenvalue weighted by Crippen LogP contribution is -2.49. The van der Waals surface area contributed by atoms with E-state index in [9.17, 15) is 14.4 Å². The van der Waals surface area contributed by atoms with E-state index in [4.69, 9.17) is 21.1 Å². The molecule has 3 aromatic rings. The third-order valence-electron chi connectivity index (χ3n) is 5.93. The van der Waals surface area contributed by atoms with Crippen molar-refractivity contribution < 1.29 is 18.7 Å². The van der Waals surface area contributed by atoms with Gasteiger partial charge in [0.2, 0.25) is 0 Å². The molecule has 1 aliphatic heterocycles. The molecule has 0 N–H and O–H groups in total. The van der Waals surface area contributed by atoms with Gasteiger partial charge in [-0.3, -0.25) is 4.79 Å². The van der Waals surface area contributed by atoms with Crippen LogP contribution in [-0.4, -0.2) is 44.1 Å². The summed E-state index contributed by atoms with van der Waals surface area (Å²) in [5, 5.41) is 9.92. The van der Waals surface area contributed by atoms with Gasteiger partial charge >= 0.3 is 0 Å². The van der Waals surface area contributed by atoms with Crippen molar-refractivity contribution in [2.45, 2.75) is 6.61 Å². The molecule has 8 heteroatoms. The van der Waals surface area contributed by atoms with Gasteiger partial charge in [-0.25, -0.2) is 4.39 Å². The van der Waals surface area contributed by atoms with Crippen molar-refractivity contribution >= 4 is 29.3 Å². The number of para-hydroxylation sites is 1. The number of nitrogens with zero attached hydrogens (tertiary/aromatic N) is 3. The van der Waals surface area contributed by atoms with E-state index >= 15 is 0 Å². The predicted molar refractivity (Wildman–Crippen MR) is 138 cm³/mol. The number of carbonyl (C=O) groups excluding carboxylic acids is 1. The van der Waals surface area contributed by atoms with E-state index in [2.05, 4.69) is 4.90 Å². The third-order valence-corrected chi connectivity index (χ3v) is 6.21. The maximum Gasteiger partial charge on any atom is 0.264 e. The average molecular weight is 506 g/mol. The average Bonchev–Trinajstić information content (AvgIpc) is 2.92. The summed E-state index contributed by atoms with van der Waals surface area (Å²) in [5.74, 6) is -0.151. The molecule has 0 atom stereocenters. The van der Waals surface area contributed by atoms with Crippen molar-refractivity contribution in [2.75, 3.05) is 38.2 Å². The van der Waals surface area contributed by atoms with Gasteiger partial charge in [-0.15, -0.1) is 0 Å². The number of nitriles is 1. The molecule has 0 radical (unpaired) electrons. The minimum Gasteiger partial charge on any atom is -0.493 e. The van der Waals surface area contributed by atoms with Crippen LogP contribution in [0.5, 0.6) is 11.5 Å². The molecule has 0 saturated carbocycles. The number of anilines is 1. The molecule has 1 amide bonds. The van der Waals surface area contributed by atoms with Crippen LogP contribution < -0.4 is 14.4 Å².